The van der Waals surface area contributed by atoms with Gasteiger partial charge in [-0.2, -0.15) is 5.10 Å². The third kappa shape index (κ3) is 3.79. The summed E-state index contributed by atoms with van der Waals surface area (Å²) in [5, 5.41) is 4.00. The van der Waals surface area contributed by atoms with Gasteiger partial charge in [0.05, 0.1) is 6.21 Å². The summed E-state index contributed by atoms with van der Waals surface area (Å²) in [7, 11) is 0. The van der Waals surface area contributed by atoms with Gasteiger partial charge in [-0.25, -0.2) is 5.43 Å². The fourth-order valence-corrected chi connectivity index (χ4v) is 2.81. The molecule has 1 N–H and O–H groups in total. The van der Waals surface area contributed by atoms with Crippen LogP contribution in [0.1, 0.15) is 17.2 Å². The van der Waals surface area contributed by atoms with E-state index in [1.807, 2.05) is 54.6 Å². The fourth-order valence-electron chi connectivity index (χ4n) is 2.81. The minimum absolute atomic E-state index is 0.390. The molecular weight excluding hydrogens is 342 g/mol. The topological polar surface area (TPSA) is 72.8 Å². The van der Waals surface area contributed by atoms with Crippen molar-refractivity contribution in [3.63, 3.8) is 0 Å². The molecule has 4 rings (SSSR count). The van der Waals surface area contributed by atoms with E-state index >= 15 is 0 Å². The largest absolute Gasteiger partial charge is 0.477 e. The second-order valence-corrected chi connectivity index (χ2v) is 5.95. The molecule has 1 aromatic heterocycles. The maximum absolute atomic E-state index is 12.7. The second kappa shape index (κ2) is 7.70. The lowest BCUT2D eigenvalue weighted by Crippen LogP contribution is -2.44. The lowest BCUT2D eigenvalue weighted by molar-refractivity contribution is -0.134. The molecule has 2 aromatic carbocycles. The number of amides is 1. The van der Waals surface area contributed by atoms with E-state index in [0.717, 1.165) is 11.1 Å². The van der Waals surface area contributed by atoms with E-state index in [-0.39, 0.29) is 0 Å². The second-order valence-electron chi connectivity index (χ2n) is 5.95. The van der Waals surface area contributed by atoms with E-state index < -0.39 is 18.1 Å². The van der Waals surface area contributed by atoms with Crippen LogP contribution < -0.4 is 14.9 Å². The summed E-state index contributed by atoms with van der Waals surface area (Å²) < 4.78 is 12.0. The van der Waals surface area contributed by atoms with Crippen molar-refractivity contribution in [3.05, 3.63) is 90.3 Å². The van der Waals surface area contributed by atoms with Gasteiger partial charge in [-0.1, -0.05) is 48.5 Å². The molecule has 0 saturated heterocycles. The summed E-state index contributed by atoms with van der Waals surface area (Å²) in [5.74, 6) is 0.744. The van der Waals surface area contributed by atoms with Crippen LogP contribution in [0.5, 0.6) is 11.5 Å². The Balaban J connectivity index is 1.56. The van der Waals surface area contributed by atoms with E-state index in [1.54, 1.807) is 24.5 Å². The number of hydrogen-bond donors (Lipinski definition) is 1. The predicted octanol–water partition coefficient (Wildman–Crippen LogP) is 3.11. The van der Waals surface area contributed by atoms with Crippen LogP contribution in [0, 0.1) is 0 Å². The number of hydrazone groups is 1. The minimum Gasteiger partial charge on any atom is -0.477 e. The Hall–Kier alpha value is -3.67. The number of aromatic nitrogens is 1. The Morgan fingerprint density at radius 2 is 1.70 bits per heavy atom. The highest BCUT2D eigenvalue weighted by Crippen LogP contribution is 2.39. The first-order valence-corrected chi connectivity index (χ1v) is 8.51. The Kier molecular flexibility index (Phi) is 4.78. The van der Waals surface area contributed by atoms with Crippen LogP contribution in [-0.2, 0) is 4.79 Å². The Morgan fingerprint density at radius 3 is 2.44 bits per heavy atom. The van der Waals surface area contributed by atoms with Gasteiger partial charge in [0.2, 0.25) is 6.10 Å². The van der Waals surface area contributed by atoms with Crippen LogP contribution in [0.25, 0.3) is 0 Å². The van der Waals surface area contributed by atoms with Crippen LogP contribution in [0.4, 0.5) is 0 Å². The highest BCUT2D eigenvalue weighted by Gasteiger charge is 2.38. The van der Waals surface area contributed by atoms with Crippen molar-refractivity contribution in [3.8, 4) is 11.5 Å². The highest BCUT2D eigenvalue weighted by molar-refractivity contribution is 5.85. The van der Waals surface area contributed by atoms with Crippen LogP contribution in [0.15, 0.2) is 84.2 Å². The first-order chi connectivity index (χ1) is 13.3. The zero-order chi connectivity index (χ0) is 18.5. The quantitative estimate of drug-likeness (QED) is 0.574. The average Bonchev–Trinajstić information content (AvgIpc) is 2.74. The third-order valence-electron chi connectivity index (χ3n) is 4.09. The van der Waals surface area contributed by atoms with E-state index in [4.69, 9.17) is 9.47 Å². The fraction of sp³-hybridized carbons (Fsp3) is 0.0952. The van der Waals surface area contributed by atoms with Crippen molar-refractivity contribution in [1.82, 2.24) is 10.4 Å². The van der Waals surface area contributed by atoms with Crippen molar-refractivity contribution < 1.29 is 14.3 Å². The lowest BCUT2D eigenvalue weighted by atomic mass is 10.0. The molecule has 0 fully saturated rings. The van der Waals surface area contributed by atoms with Gasteiger partial charge in [-0.3, -0.25) is 9.78 Å². The average molecular weight is 359 g/mol. The Bertz CT molecular complexity index is 945. The van der Waals surface area contributed by atoms with Crippen molar-refractivity contribution in [2.45, 2.75) is 12.2 Å². The standard InChI is InChI=1S/C21H17N3O3/c25-21(24-23-14-15-7-6-12-22-13-15)20-19(16-8-2-1-3-9-16)26-17-10-4-5-11-18(17)27-20/h1-14,19-20H,(H,24,25)/b23-14+. The molecule has 2 unspecified atom stereocenters. The number of nitrogens with zero attached hydrogens (tertiary/aromatic N) is 2. The molecule has 134 valence electrons. The molecule has 6 heteroatoms. The van der Waals surface area contributed by atoms with Gasteiger partial charge in [0.15, 0.2) is 17.6 Å². The molecule has 2 heterocycles. The summed E-state index contributed by atoms with van der Waals surface area (Å²) in [6.45, 7) is 0. The Labute approximate surface area is 156 Å². The van der Waals surface area contributed by atoms with E-state index in [2.05, 4.69) is 15.5 Å². The van der Waals surface area contributed by atoms with E-state index in [1.165, 1.54) is 6.21 Å². The van der Waals surface area contributed by atoms with E-state index in [0.29, 0.717) is 11.5 Å². The summed E-state index contributed by atoms with van der Waals surface area (Å²) >= 11 is 0. The maximum Gasteiger partial charge on any atom is 0.285 e. The Morgan fingerprint density at radius 1 is 0.963 bits per heavy atom. The maximum atomic E-state index is 12.7. The number of rotatable bonds is 4. The smallest absolute Gasteiger partial charge is 0.285 e. The normalized spacial score (nSPS) is 18.2. The zero-order valence-corrected chi connectivity index (χ0v) is 14.4. The van der Waals surface area contributed by atoms with Crippen LogP contribution in [0.2, 0.25) is 0 Å². The van der Waals surface area contributed by atoms with Crippen molar-refractivity contribution in [2.75, 3.05) is 0 Å². The molecule has 0 radical (unpaired) electrons. The number of ether oxygens (including phenoxy) is 2. The van der Waals surface area contributed by atoms with Crippen LogP contribution >= 0.6 is 0 Å². The SMILES string of the molecule is O=C(N/N=C/c1cccnc1)C1Oc2ccccc2OC1c1ccccc1. The number of carbonyl (C=O) groups is 1. The molecule has 1 aliphatic heterocycles. The number of benzene rings is 2. The summed E-state index contributed by atoms with van der Waals surface area (Å²) in [6, 6.07) is 20.4. The number of hydrogen-bond acceptors (Lipinski definition) is 5. The molecule has 1 aliphatic rings. The summed E-state index contributed by atoms with van der Waals surface area (Å²) in [4.78, 5) is 16.7. The first kappa shape index (κ1) is 16.8. The monoisotopic (exact) mass is 359 g/mol. The first-order valence-electron chi connectivity index (χ1n) is 8.51. The van der Waals surface area contributed by atoms with Gasteiger partial charge >= 0.3 is 0 Å². The lowest BCUT2D eigenvalue weighted by Gasteiger charge is -2.32. The van der Waals surface area contributed by atoms with Crippen molar-refractivity contribution >= 4 is 12.1 Å². The molecular formula is C21H17N3O3. The van der Waals surface area contributed by atoms with E-state index in [9.17, 15) is 4.79 Å². The van der Waals surface area contributed by atoms with Gasteiger partial charge in [0.1, 0.15) is 0 Å². The van der Waals surface area contributed by atoms with Crippen molar-refractivity contribution in [2.24, 2.45) is 5.10 Å². The van der Waals surface area contributed by atoms with Crippen LogP contribution in [0.3, 0.4) is 0 Å². The number of fused-ring (bicyclic) bond motifs is 1. The van der Waals surface area contributed by atoms with Gasteiger partial charge in [-0.15, -0.1) is 0 Å². The van der Waals surface area contributed by atoms with Gasteiger partial charge in [-0.05, 0) is 23.8 Å². The molecule has 2 atom stereocenters. The number of nitrogens with one attached hydrogen (secondary N) is 1. The molecule has 27 heavy (non-hydrogen) atoms. The molecule has 1 amide bonds. The molecule has 0 bridgehead atoms. The third-order valence-corrected chi connectivity index (χ3v) is 4.09. The zero-order valence-electron chi connectivity index (χ0n) is 14.4. The summed E-state index contributed by atoms with van der Waals surface area (Å²) in [5.41, 5.74) is 4.16. The van der Waals surface area contributed by atoms with Gasteiger partial charge in [0, 0.05) is 18.0 Å². The molecule has 6 nitrogen and oxygen atoms in total. The van der Waals surface area contributed by atoms with Crippen LogP contribution in [-0.4, -0.2) is 23.2 Å². The molecule has 0 saturated carbocycles. The van der Waals surface area contributed by atoms with Gasteiger partial charge in [0.25, 0.3) is 5.91 Å². The summed E-state index contributed by atoms with van der Waals surface area (Å²) in [6.07, 6.45) is 3.41. The highest BCUT2D eigenvalue weighted by atomic mass is 16.6. The van der Waals surface area contributed by atoms with Crippen molar-refractivity contribution in [1.29, 1.82) is 0 Å². The molecule has 0 spiro atoms. The van der Waals surface area contributed by atoms with Gasteiger partial charge < -0.3 is 9.47 Å². The number of para-hydroxylation sites is 2. The number of carbonyl (C=O) groups excluding carboxylic acids is 1. The minimum atomic E-state index is -0.867. The molecule has 0 aliphatic carbocycles. The predicted molar refractivity (Wildman–Crippen MR) is 101 cm³/mol. The number of pyridine rings is 1. The molecule has 3 aromatic rings.